The van der Waals surface area contributed by atoms with E-state index in [1.54, 1.807) is 37.4 Å². The van der Waals surface area contributed by atoms with Gasteiger partial charge in [0.25, 0.3) is 5.91 Å². The topological polar surface area (TPSA) is 89.7 Å². The van der Waals surface area contributed by atoms with Crippen molar-refractivity contribution in [3.63, 3.8) is 0 Å². The number of nitrogens with one attached hydrogen (secondary N) is 1. The van der Waals surface area contributed by atoms with Gasteiger partial charge in [-0.05, 0) is 80.2 Å². The fraction of sp³-hybridized carbons (Fsp3) is 0.276. The monoisotopic (exact) mass is 500 g/mol. The molecule has 0 saturated heterocycles. The van der Waals surface area contributed by atoms with Gasteiger partial charge >= 0.3 is 0 Å². The summed E-state index contributed by atoms with van der Waals surface area (Å²) >= 11 is 0. The predicted molar refractivity (Wildman–Crippen MR) is 144 cm³/mol. The minimum absolute atomic E-state index is 0.243. The number of methoxy groups -OCH3 is 1. The van der Waals surface area contributed by atoms with E-state index in [1.807, 2.05) is 63.2 Å². The van der Waals surface area contributed by atoms with Gasteiger partial charge in [0.05, 0.1) is 12.7 Å². The third-order valence-electron chi connectivity index (χ3n) is 5.94. The van der Waals surface area contributed by atoms with Gasteiger partial charge in [-0.1, -0.05) is 30.3 Å². The average Bonchev–Trinajstić information content (AvgIpc) is 3.38. The van der Waals surface area contributed by atoms with Crippen molar-refractivity contribution in [2.75, 3.05) is 39.7 Å². The van der Waals surface area contributed by atoms with E-state index in [1.165, 1.54) is 0 Å². The Bertz CT molecular complexity index is 1360. The SMILES string of the molecule is CCc1nc(-c2ccc(-c3ccc(C(=O)Nc4ccc(OC)cc4)c(OCCN(C)C)c3)c(C)c2)no1. The molecule has 0 aliphatic carbocycles. The van der Waals surface area contributed by atoms with E-state index in [9.17, 15) is 4.79 Å². The molecule has 0 atom stereocenters. The summed E-state index contributed by atoms with van der Waals surface area (Å²) in [6.07, 6.45) is 0.694. The molecule has 0 unspecified atom stereocenters. The first kappa shape index (κ1) is 25.9. The molecule has 0 aliphatic rings. The number of aryl methyl sites for hydroxylation is 2. The Kier molecular flexibility index (Phi) is 8.20. The second kappa shape index (κ2) is 11.7. The molecular formula is C29H32N4O4. The molecule has 192 valence electrons. The van der Waals surface area contributed by atoms with Gasteiger partial charge in [0.15, 0.2) is 0 Å². The minimum Gasteiger partial charge on any atom is -0.497 e. The van der Waals surface area contributed by atoms with Gasteiger partial charge in [-0.3, -0.25) is 4.79 Å². The lowest BCUT2D eigenvalue weighted by Gasteiger charge is -2.16. The second-order valence-electron chi connectivity index (χ2n) is 8.94. The zero-order valence-electron chi connectivity index (χ0n) is 21.9. The maximum absolute atomic E-state index is 13.2. The molecule has 3 aromatic carbocycles. The first-order valence-corrected chi connectivity index (χ1v) is 12.2. The lowest BCUT2D eigenvalue weighted by Crippen LogP contribution is -2.21. The highest BCUT2D eigenvalue weighted by molar-refractivity contribution is 6.06. The van der Waals surface area contributed by atoms with Crippen molar-refractivity contribution in [3.8, 4) is 34.0 Å². The molecule has 8 heteroatoms. The Labute approximate surface area is 217 Å². The molecule has 1 aromatic heterocycles. The van der Waals surface area contributed by atoms with E-state index in [4.69, 9.17) is 14.0 Å². The van der Waals surface area contributed by atoms with Crippen LogP contribution in [0.4, 0.5) is 5.69 Å². The number of hydrogen-bond donors (Lipinski definition) is 1. The smallest absolute Gasteiger partial charge is 0.259 e. The highest BCUT2D eigenvalue weighted by atomic mass is 16.5. The highest BCUT2D eigenvalue weighted by Crippen LogP contribution is 2.32. The lowest BCUT2D eigenvalue weighted by molar-refractivity contribution is 0.102. The first-order chi connectivity index (χ1) is 17.9. The number of carbonyl (C=O) groups is 1. The fourth-order valence-corrected chi connectivity index (χ4v) is 3.85. The van der Waals surface area contributed by atoms with Crippen LogP contribution in [0.5, 0.6) is 11.5 Å². The molecule has 1 heterocycles. The van der Waals surface area contributed by atoms with Gasteiger partial charge in [0.1, 0.15) is 18.1 Å². The van der Waals surface area contributed by atoms with Gasteiger partial charge in [-0.2, -0.15) is 4.98 Å². The lowest BCUT2D eigenvalue weighted by atomic mass is 9.96. The summed E-state index contributed by atoms with van der Waals surface area (Å²) in [6, 6.07) is 18.9. The van der Waals surface area contributed by atoms with Crippen molar-refractivity contribution in [2.45, 2.75) is 20.3 Å². The van der Waals surface area contributed by atoms with Crippen LogP contribution in [0, 0.1) is 6.92 Å². The normalized spacial score (nSPS) is 11.0. The van der Waals surface area contributed by atoms with Crippen LogP contribution in [-0.4, -0.2) is 55.3 Å². The van der Waals surface area contributed by atoms with Crippen molar-refractivity contribution < 1.29 is 18.8 Å². The number of amides is 1. The van der Waals surface area contributed by atoms with Crippen LogP contribution in [0.25, 0.3) is 22.5 Å². The molecule has 0 bridgehead atoms. The summed E-state index contributed by atoms with van der Waals surface area (Å²) in [5, 5.41) is 7.02. The zero-order chi connectivity index (χ0) is 26.4. The molecule has 37 heavy (non-hydrogen) atoms. The van der Waals surface area contributed by atoms with Crippen molar-refractivity contribution in [1.82, 2.24) is 15.0 Å². The number of hydrogen-bond acceptors (Lipinski definition) is 7. The van der Waals surface area contributed by atoms with E-state index in [0.29, 0.717) is 41.7 Å². The Morgan fingerprint density at radius 3 is 2.43 bits per heavy atom. The maximum atomic E-state index is 13.2. The molecule has 1 amide bonds. The quantitative estimate of drug-likeness (QED) is 0.309. The van der Waals surface area contributed by atoms with E-state index < -0.39 is 0 Å². The molecule has 0 fully saturated rings. The third-order valence-corrected chi connectivity index (χ3v) is 5.94. The minimum atomic E-state index is -0.243. The van der Waals surface area contributed by atoms with E-state index in [0.717, 1.165) is 34.5 Å². The van der Waals surface area contributed by atoms with Crippen molar-refractivity contribution in [3.05, 3.63) is 77.7 Å². The van der Waals surface area contributed by atoms with Crippen LogP contribution in [-0.2, 0) is 6.42 Å². The predicted octanol–water partition coefficient (Wildman–Crippen LogP) is 5.48. The summed E-state index contributed by atoms with van der Waals surface area (Å²) in [5.41, 5.74) is 5.06. The van der Waals surface area contributed by atoms with Crippen LogP contribution in [0.1, 0.15) is 28.7 Å². The molecule has 0 spiro atoms. The number of anilines is 1. The number of rotatable bonds is 10. The van der Waals surface area contributed by atoms with E-state index in [-0.39, 0.29) is 5.91 Å². The Morgan fingerprint density at radius 2 is 1.78 bits per heavy atom. The Hall–Kier alpha value is -4.17. The molecule has 4 rings (SSSR count). The number of carbonyl (C=O) groups excluding carboxylic acids is 1. The number of ether oxygens (including phenoxy) is 2. The van der Waals surface area contributed by atoms with Gasteiger partial charge in [-0.25, -0.2) is 0 Å². The van der Waals surface area contributed by atoms with Crippen LogP contribution in [0.15, 0.2) is 65.2 Å². The van der Waals surface area contributed by atoms with Crippen LogP contribution >= 0.6 is 0 Å². The number of aromatic nitrogens is 2. The summed E-state index contributed by atoms with van der Waals surface area (Å²) in [6.45, 7) is 5.19. The fourth-order valence-electron chi connectivity index (χ4n) is 3.85. The second-order valence-corrected chi connectivity index (χ2v) is 8.94. The maximum Gasteiger partial charge on any atom is 0.259 e. The van der Waals surface area contributed by atoms with E-state index in [2.05, 4.69) is 15.5 Å². The zero-order valence-corrected chi connectivity index (χ0v) is 21.9. The Morgan fingerprint density at radius 1 is 1.03 bits per heavy atom. The summed E-state index contributed by atoms with van der Waals surface area (Å²) in [5.74, 6) is 2.19. The molecule has 4 aromatic rings. The summed E-state index contributed by atoms with van der Waals surface area (Å²) < 4.78 is 16.6. The molecule has 1 N–H and O–H groups in total. The van der Waals surface area contributed by atoms with E-state index >= 15 is 0 Å². The van der Waals surface area contributed by atoms with Gasteiger partial charge < -0.3 is 24.2 Å². The molecule has 0 radical (unpaired) electrons. The average molecular weight is 501 g/mol. The number of likely N-dealkylation sites (N-methyl/N-ethyl adjacent to an activating group) is 1. The summed E-state index contributed by atoms with van der Waals surface area (Å²) in [7, 11) is 5.57. The van der Waals surface area contributed by atoms with Gasteiger partial charge in [-0.15, -0.1) is 0 Å². The van der Waals surface area contributed by atoms with Crippen molar-refractivity contribution >= 4 is 11.6 Å². The van der Waals surface area contributed by atoms with Crippen molar-refractivity contribution in [2.24, 2.45) is 0 Å². The molecule has 8 nitrogen and oxygen atoms in total. The molecular weight excluding hydrogens is 468 g/mol. The van der Waals surface area contributed by atoms with Crippen molar-refractivity contribution in [1.29, 1.82) is 0 Å². The standard InChI is InChI=1S/C29H32N4O4/c1-6-27-31-28(32-37-27)21-8-13-24(19(2)17-21)20-7-14-25(26(18-20)36-16-15-33(3)4)29(34)30-22-9-11-23(35-5)12-10-22/h7-14,17-18H,6,15-16H2,1-5H3,(H,30,34). The first-order valence-electron chi connectivity index (χ1n) is 12.2. The number of nitrogens with zero attached hydrogens (tertiary/aromatic N) is 3. The molecule has 0 saturated carbocycles. The summed E-state index contributed by atoms with van der Waals surface area (Å²) in [4.78, 5) is 19.6. The largest absolute Gasteiger partial charge is 0.497 e. The third kappa shape index (κ3) is 6.34. The van der Waals surface area contributed by atoms with Crippen LogP contribution < -0.4 is 14.8 Å². The van der Waals surface area contributed by atoms with Gasteiger partial charge in [0.2, 0.25) is 11.7 Å². The number of benzene rings is 3. The highest BCUT2D eigenvalue weighted by Gasteiger charge is 2.16. The van der Waals surface area contributed by atoms with Crippen LogP contribution in [0.3, 0.4) is 0 Å². The van der Waals surface area contributed by atoms with Crippen LogP contribution in [0.2, 0.25) is 0 Å². The van der Waals surface area contributed by atoms with Gasteiger partial charge in [0, 0.05) is 24.2 Å². The molecule has 0 aliphatic heterocycles. The Balaban J connectivity index is 1.62.